The number of ether oxygens (including phenoxy) is 1. The maximum absolute atomic E-state index is 12.5. The number of nitrogens with zero attached hydrogens (tertiary/aromatic N) is 1. The number of pyridine rings is 1. The molecule has 0 amide bonds. The highest BCUT2D eigenvalue weighted by atomic mass is 16.5. The first-order valence-electron chi connectivity index (χ1n) is 8.85. The Bertz CT molecular complexity index is 1040. The minimum atomic E-state index is -0.434. The maximum Gasteiger partial charge on any atom is 0.341 e. The van der Waals surface area contributed by atoms with Gasteiger partial charge in [-0.15, -0.1) is 0 Å². The molecule has 0 saturated heterocycles. The van der Waals surface area contributed by atoms with E-state index in [4.69, 9.17) is 4.74 Å². The molecule has 0 aliphatic carbocycles. The van der Waals surface area contributed by atoms with Crippen molar-refractivity contribution in [2.24, 2.45) is 0 Å². The molecule has 5 heteroatoms. The summed E-state index contributed by atoms with van der Waals surface area (Å²) < 4.78 is 5.20. The number of hydrogen-bond donors (Lipinski definition) is 1. The van der Waals surface area contributed by atoms with Crippen LogP contribution in [-0.2, 0) is 4.74 Å². The largest absolute Gasteiger partial charge is 0.462 e. The number of rotatable bonds is 5. The number of Topliss-reactive ketones (excluding diaryl/α,β-unsaturated/α-hetero) is 1. The summed E-state index contributed by atoms with van der Waals surface area (Å²) >= 11 is 0. The average Bonchev–Trinajstić information content (AvgIpc) is 2.62. The first-order valence-corrected chi connectivity index (χ1v) is 8.85. The second-order valence-electron chi connectivity index (χ2n) is 6.51. The Morgan fingerprint density at radius 3 is 2.63 bits per heavy atom. The number of aromatic nitrogens is 1. The number of hydrogen-bond acceptors (Lipinski definition) is 5. The summed E-state index contributed by atoms with van der Waals surface area (Å²) in [6.45, 7) is 7.57. The van der Waals surface area contributed by atoms with Crippen LogP contribution in [0.2, 0.25) is 0 Å². The van der Waals surface area contributed by atoms with E-state index >= 15 is 0 Å². The van der Waals surface area contributed by atoms with Gasteiger partial charge in [-0.1, -0.05) is 23.8 Å². The standard InChI is InChI=1S/C22H22N2O3/c1-5-27-22(26)19-12-23-20-14(3)9-13(2)10-18(20)21(19)24-17-8-6-7-16(11-17)15(4)25/h6-12H,5H2,1-4H3,(H,23,24). The molecule has 0 aliphatic heterocycles. The molecule has 1 heterocycles. The Morgan fingerprint density at radius 1 is 1.15 bits per heavy atom. The van der Waals surface area contributed by atoms with E-state index in [1.54, 1.807) is 25.3 Å². The van der Waals surface area contributed by atoms with Crippen molar-refractivity contribution in [2.45, 2.75) is 27.7 Å². The lowest BCUT2D eigenvalue weighted by molar-refractivity contribution is 0.0527. The van der Waals surface area contributed by atoms with Gasteiger partial charge in [0.1, 0.15) is 5.56 Å². The molecule has 27 heavy (non-hydrogen) atoms. The van der Waals surface area contributed by atoms with Crippen molar-refractivity contribution in [3.05, 3.63) is 64.8 Å². The SMILES string of the molecule is CCOC(=O)c1cnc2c(C)cc(C)cc2c1Nc1cccc(C(C)=O)c1. The van der Waals surface area contributed by atoms with E-state index in [0.29, 0.717) is 16.8 Å². The summed E-state index contributed by atoms with van der Waals surface area (Å²) in [5, 5.41) is 4.15. The molecular formula is C22H22N2O3. The van der Waals surface area contributed by atoms with Gasteiger partial charge in [0.05, 0.1) is 17.8 Å². The Kier molecular flexibility index (Phi) is 5.21. The summed E-state index contributed by atoms with van der Waals surface area (Å²) in [5.74, 6) is -0.452. The Hall–Kier alpha value is -3.21. The van der Waals surface area contributed by atoms with Crippen molar-refractivity contribution < 1.29 is 14.3 Å². The van der Waals surface area contributed by atoms with Gasteiger partial charge in [0.2, 0.25) is 0 Å². The monoisotopic (exact) mass is 362 g/mol. The van der Waals surface area contributed by atoms with Crippen LogP contribution in [0.15, 0.2) is 42.6 Å². The van der Waals surface area contributed by atoms with Gasteiger partial charge in [-0.3, -0.25) is 9.78 Å². The molecule has 5 nitrogen and oxygen atoms in total. The average molecular weight is 362 g/mol. The number of aryl methyl sites for hydroxylation is 2. The van der Waals surface area contributed by atoms with Gasteiger partial charge < -0.3 is 10.1 Å². The van der Waals surface area contributed by atoms with Gasteiger partial charge in [-0.05, 0) is 51.5 Å². The molecule has 3 rings (SSSR count). The molecule has 0 bridgehead atoms. The number of ketones is 1. The van der Waals surface area contributed by atoms with Gasteiger partial charge in [-0.2, -0.15) is 0 Å². The van der Waals surface area contributed by atoms with E-state index in [1.165, 1.54) is 6.92 Å². The number of nitrogens with one attached hydrogen (secondary N) is 1. The predicted molar refractivity (Wildman–Crippen MR) is 107 cm³/mol. The van der Waals surface area contributed by atoms with Crippen molar-refractivity contribution in [3.63, 3.8) is 0 Å². The van der Waals surface area contributed by atoms with Gasteiger partial charge >= 0.3 is 5.97 Å². The zero-order chi connectivity index (χ0) is 19.6. The number of anilines is 2. The van der Waals surface area contributed by atoms with Crippen LogP contribution < -0.4 is 5.32 Å². The Labute approximate surface area is 158 Å². The van der Waals surface area contributed by atoms with Crippen LogP contribution in [0.5, 0.6) is 0 Å². The number of fused-ring (bicyclic) bond motifs is 1. The third-order valence-corrected chi connectivity index (χ3v) is 4.34. The van der Waals surface area contributed by atoms with E-state index < -0.39 is 5.97 Å². The topological polar surface area (TPSA) is 68.3 Å². The fraction of sp³-hybridized carbons (Fsp3) is 0.227. The van der Waals surface area contributed by atoms with Crippen molar-refractivity contribution >= 4 is 34.0 Å². The van der Waals surface area contributed by atoms with E-state index in [9.17, 15) is 9.59 Å². The highest BCUT2D eigenvalue weighted by Crippen LogP contribution is 2.32. The molecule has 2 aromatic carbocycles. The lowest BCUT2D eigenvalue weighted by Gasteiger charge is -2.16. The summed E-state index contributed by atoms with van der Waals surface area (Å²) in [6, 6.07) is 11.2. The Morgan fingerprint density at radius 2 is 1.93 bits per heavy atom. The molecule has 0 radical (unpaired) electrons. The van der Waals surface area contributed by atoms with Crippen molar-refractivity contribution in [3.8, 4) is 0 Å². The highest BCUT2D eigenvalue weighted by Gasteiger charge is 2.18. The Balaban J connectivity index is 2.21. The summed E-state index contributed by atoms with van der Waals surface area (Å²) in [4.78, 5) is 28.7. The molecule has 0 unspecified atom stereocenters. The van der Waals surface area contributed by atoms with Crippen LogP contribution in [0.3, 0.4) is 0 Å². The number of carbonyl (C=O) groups excluding carboxylic acids is 2. The summed E-state index contributed by atoms with van der Waals surface area (Å²) in [7, 11) is 0. The second kappa shape index (κ2) is 7.58. The van der Waals surface area contributed by atoms with E-state index in [1.807, 2.05) is 32.0 Å². The molecule has 1 aromatic heterocycles. The first kappa shape index (κ1) is 18.6. The summed E-state index contributed by atoms with van der Waals surface area (Å²) in [5.41, 5.74) is 5.24. The molecule has 0 atom stereocenters. The lowest BCUT2D eigenvalue weighted by Crippen LogP contribution is -2.10. The quantitative estimate of drug-likeness (QED) is 0.512. The van der Waals surface area contributed by atoms with Gasteiger partial charge in [0.25, 0.3) is 0 Å². The zero-order valence-corrected chi connectivity index (χ0v) is 15.9. The maximum atomic E-state index is 12.5. The minimum Gasteiger partial charge on any atom is -0.462 e. The van der Waals surface area contributed by atoms with Crippen LogP contribution >= 0.6 is 0 Å². The second-order valence-corrected chi connectivity index (χ2v) is 6.51. The number of esters is 1. The first-order chi connectivity index (χ1) is 12.9. The van der Waals surface area contributed by atoms with Crippen LogP contribution in [0.1, 0.15) is 45.7 Å². The van der Waals surface area contributed by atoms with Crippen molar-refractivity contribution in [1.29, 1.82) is 0 Å². The third kappa shape index (κ3) is 3.82. The van der Waals surface area contributed by atoms with Gasteiger partial charge in [0.15, 0.2) is 5.78 Å². The molecule has 138 valence electrons. The number of benzene rings is 2. The van der Waals surface area contributed by atoms with Crippen LogP contribution in [0.4, 0.5) is 11.4 Å². The highest BCUT2D eigenvalue weighted by molar-refractivity contribution is 6.07. The normalized spacial score (nSPS) is 10.7. The molecule has 3 aromatic rings. The van der Waals surface area contributed by atoms with Crippen molar-refractivity contribution in [2.75, 3.05) is 11.9 Å². The number of carbonyl (C=O) groups is 2. The fourth-order valence-corrected chi connectivity index (χ4v) is 3.12. The summed E-state index contributed by atoms with van der Waals surface area (Å²) in [6.07, 6.45) is 1.54. The molecular weight excluding hydrogens is 340 g/mol. The molecule has 0 aliphatic rings. The smallest absolute Gasteiger partial charge is 0.341 e. The zero-order valence-electron chi connectivity index (χ0n) is 15.9. The van der Waals surface area contributed by atoms with E-state index in [2.05, 4.69) is 16.4 Å². The molecule has 0 spiro atoms. The molecule has 0 fully saturated rings. The van der Waals surface area contributed by atoms with Crippen LogP contribution in [0, 0.1) is 13.8 Å². The van der Waals surface area contributed by atoms with Gasteiger partial charge in [0, 0.05) is 22.8 Å². The van der Waals surface area contributed by atoms with Crippen LogP contribution in [-0.4, -0.2) is 23.3 Å². The predicted octanol–water partition coefficient (Wildman–Crippen LogP) is 4.97. The third-order valence-electron chi connectivity index (χ3n) is 4.34. The van der Waals surface area contributed by atoms with E-state index in [0.717, 1.165) is 27.7 Å². The van der Waals surface area contributed by atoms with E-state index in [-0.39, 0.29) is 12.4 Å². The molecule has 1 N–H and O–H groups in total. The minimum absolute atomic E-state index is 0.0180. The van der Waals surface area contributed by atoms with Crippen molar-refractivity contribution in [1.82, 2.24) is 4.98 Å². The molecule has 0 saturated carbocycles. The fourth-order valence-electron chi connectivity index (χ4n) is 3.12. The van der Waals surface area contributed by atoms with Crippen LogP contribution in [0.25, 0.3) is 10.9 Å². The lowest BCUT2D eigenvalue weighted by atomic mass is 10.0. The van der Waals surface area contributed by atoms with Gasteiger partial charge in [-0.25, -0.2) is 4.79 Å².